The SMILES string of the molecule is COc1ccc(C2C(O)N2C)cc1. The summed E-state index contributed by atoms with van der Waals surface area (Å²) in [6, 6.07) is 7.96. The summed E-state index contributed by atoms with van der Waals surface area (Å²) in [7, 11) is 3.55. The van der Waals surface area contributed by atoms with Gasteiger partial charge in [0.25, 0.3) is 0 Å². The van der Waals surface area contributed by atoms with Crippen LogP contribution in [0.1, 0.15) is 11.6 Å². The lowest BCUT2D eigenvalue weighted by Crippen LogP contribution is -1.89. The number of rotatable bonds is 2. The Bertz CT molecular complexity index is 288. The molecule has 0 saturated carbocycles. The summed E-state index contributed by atoms with van der Waals surface area (Å²) >= 11 is 0. The standard InChI is InChI=1S/C10H13NO2/c1-11-9(10(11)12)7-3-5-8(13-2)6-4-7/h3-6,9-10,12H,1-2H3. The molecule has 3 atom stereocenters. The number of nitrogens with zero attached hydrogens (tertiary/aromatic N) is 1. The van der Waals surface area contributed by atoms with Crippen LogP contribution >= 0.6 is 0 Å². The number of likely N-dealkylation sites (N-methyl/N-ethyl adjacent to an activating group) is 1. The van der Waals surface area contributed by atoms with Crippen LogP contribution in [0.4, 0.5) is 0 Å². The predicted octanol–water partition coefficient (Wildman–Crippen LogP) is 1.00. The van der Waals surface area contributed by atoms with Gasteiger partial charge in [-0.25, -0.2) is 0 Å². The Morgan fingerprint density at radius 1 is 1.31 bits per heavy atom. The third kappa shape index (κ3) is 1.41. The molecule has 1 aliphatic rings. The maximum Gasteiger partial charge on any atom is 0.127 e. The molecule has 1 fully saturated rings. The summed E-state index contributed by atoms with van der Waals surface area (Å²) in [6.45, 7) is 0. The maximum absolute atomic E-state index is 9.37. The van der Waals surface area contributed by atoms with E-state index in [2.05, 4.69) is 0 Å². The van der Waals surface area contributed by atoms with Gasteiger partial charge in [-0.2, -0.15) is 0 Å². The van der Waals surface area contributed by atoms with Crippen molar-refractivity contribution in [2.24, 2.45) is 0 Å². The van der Waals surface area contributed by atoms with Gasteiger partial charge in [-0.1, -0.05) is 12.1 Å². The summed E-state index contributed by atoms with van der Waals surface area (Å²) < 4.78 is 5.05. The molecule has 1 aromatic rings. The second-order valence-corrected chi connectivity index (χ2v) is 3.30. The zero-order valence-corrected chi connectivity index (χ0v) is 7.77. The number of methoxy groups -OCH3 is 1. The summed E-state index contributed by atoms with van der Waals surface area (Å²) in [5, 5.41) is 9.37. The molecule has 13 heavy (non-hydrogen) atoms. The van der Waals surface area contributed by atoms with Crippen LogP contribution in [-0.4, -0.2) is 30.4 Å². The minimum Gasteiger partial charge on any atom is -0.497 e. The van der Waals surface area contributed by atoms with Gasteiger partial charge in [0.1, 0.15) is 12.0 Å². The quantitative estimate of drug-likeness (QED) is 0.687. The zero-order chi connectivity index (χ0) is 9.42. The zero-order valence-electron chi connectivity index (χ0n) is 7.77. The summed E-state index contributed by atoms with van der Waals surface area (Å²) in [5.74, 6) is 0.849. The van der Waals surface area contributed by atoms with Gasteiger partial charge in [0, 0.05) is 0 Å². The largest absolute Gasteiger partial charge is 0.497 e. The van der Waals surface area contributed by atoms with Gasteiger partial charge in [0.15, 0.2) is 0 Å². The van der Waals surface area contributed by atoms with E-state index in [0.29, 0.717) is 0 Å². The predicted molar refractivity (Wildman–Crippen MR) is 49.5 cm³/mol. The molecule has 0 bridgehead atoms. The summed E-state index contributed by atoms with van der Waals surface area (Å²) in [5.41, 5.74) is 1.14. The van der Waals surface area contributed by atoms with Crippen LogP contribution in [0.3, 0.4) is 0 Å². The molecule has 0 radical (unpaired) electrons. The molecule has 2 rings (SSSR count). The van der Waals surface area contributed by atoms with E-state index in [1.54, 1.807) is 7.11 Å². The van der Waals surface area contributed by atoms with Crippen LogP contribution in [0.15, 0.2) is 24.3 Å². The van der Waals surface area contributed by atoms with E-state index in [0.717, 1.165) is 11.3 Å². The molecule has 3 heteroatoms. The highest BCUT2D eigenvalue weighted by Gasteiger charge is 2.43. The van der Waals surface area contributed by atoms with Crippen molar-refractivity contribution < 1.29 is 9.84 Å². The summed E-state index contributed by atoms with van der Waals surface area (Å²) in [6.07, 6.45) is -0.312. The van der Waals surface area contributed by atoms with Crippen molar-refractivity contribution in [3.63, 3.8) is 0 Å². The smallest absolute Gasteiger partial charge is 0.127 e. The molecule has 1 aliphatic heterocycles. The Morgan fingerprint density at radius 3 is 2.23 bits per heavy atom. The molecule has 0 aromatic heterocycles. The molecule has 70 valence electrons. The Labute approximate surface area is 77.6 Å². The van der Waals surface area contributed by atoms with E-state index in [1.165, 1.54) is 0 Å². The van der Waals surface area contributed by atoms with Gasteiger partial charge in [0.05, 0.1) is 13.2 Å². The average Bonchev–Trinajstić information content (AvgIpc) is 2.75. The number of hydrogen-bond acceptors (Lipinski definition) is 3. The maximum atomic E-state index is 9.37. The number of aliphatic hydroxyl groups excluding tert-OH is 1. The highest BCUT2D eigenvalue weighted by molar-refractivity contribution is 5.31. The van der Waals surface area contributed by atoms with Gasteiger partial charge in [-0.3, -0.25) is 4.90 Å². The molecule has 1 aromatic carbocycles. The van der Waals surface area contributed by atoms with E-state index in [9.17, 15) is 5.11 Å². The Hall–Kier alpha value is -1.06. The van der Waals surface area contributed by atoms with Crippen LogP contribution < -0.4 is 4.74 Å². The fourth-order valence-corrected chi connectivity index (χ4v) is 1.53. The van der Waals surface area contributed by atoms with Crippen LogP contribution in [0.25, 0.3) is 0 Å². The second kappa shape index (κ2) is 3.01. The Kier molecular flexibility index (Phi) is 1.98. The fraction of sp³-hybridized carbons (Fsp3) is 0.400. The first kappa shape index (κ1) is 8.53. The van der Waals surface area contributed by atoms with Crippen molar-refractivity contribution in [2.45, 2.75) is 12.3 Å². The second-order valence-electron chi connectivity index (χ2n) is 3.30. The highest BCUT2D eigenvalue weighted by Crippen LogP contribution is 2.39. The van der Waals surface area contributed by atoms with Crippen molar-refractivity contribution in [3.05, 3.63) is 29.8 Å². The third-order valence-electron chi connectivity index (χ3n) is 2.51. The lowest BCUT2D eigenvalue weighted by molar-refractivity contribution is 0.223. The molecule has 0 aliphatic carbocycles. The molecule has 1 saturated heterocycles. The van der Waals surface area contributed by atoms with Gasteiger partial charge in [-0.05, 0) is 24.7 Å². The van der Waals surface area contributed by atoms with Crippen LogP contribution in [0.2, 0.25) is 0 Å². The molecule has 3 unspecified atom stereocenters. The van der Waals surface area contributed by atoms with Gasteiger partial charge in [0.2, 0.25) is 0 Å². The molecule has 1 heterocycles. The van der Waals surface area contributed by atoms with Gasteiger partial charge in [-0.15, -0.1) is 0 Å². The third-order valence-corrected chi connectivity index (χ3v) is 2.51. The topological polar surface area (TPSA) is 32.5 Å². The number of benzene rings is 1. The highest BCUT2D eigenvalue weighted by atomic mass is 16.5. The van der Waals surface area contributed by atoms with Crippen molar-refractivity contribution >= 4 is 0 Å². The van der Waals surface area contributed by atoms with Crippen molar-refractivity contribution in [3.8, 4) is 5.75 Å². The number of ether oxygens (including phenoxy) is 1. The lowest BCUT2D eigenvalue weighted by Gasteiger charge is -2.00. The monoisotopic (exact) mass is 179 g/mol. The van der Waals surface area contributed by atoms with Crippen LogP contribution in [-0.2, 0) is 0 Å². The van der Waals surface area contributed by atoms with E-state index in [4.69, 9.17) is 4.74 Å². The molecule has 0 spiro atoms. The molecule has 1 N–H and O–H groups in total. The van der Waals surface area contributed by atoms with E-state index < -0.39 is 0 Å². The average molecular weight is 179 g/mol. The minimum atomic E-state index is -0.312. The number of hydrogen-bond donors (Lipinski definition) is 1. The minimum absolute atomic E-state index is 0.172. The first-order valence-electron chi connectivity index (χ1n) is 4.28. The fourth-order valence-electron chi connectivity index (χ4n) is 1.53. The Balaban J connectivity index is 2.15. The van der Waals surface area contributed by atoms with E-state index in [-0.39, 0.29) is 12.3 Å². The van der Waals surface area contributed by atoms with Crippen molar-refractivity contribution in [1.29, 1.82) is 0 Å². The number of aliphatic hydroxyl groups is 1. The van der Waals surface area contributed by atoms with Crippen molar-refractivity contribution in [1.82, 2.24) is 4.90 Å². The first-order valence-corrected chi connectivity index (χ1v) is 4.28. The summed E-state index contributed by atoms with van der Waals surface area (Å²) in [4.78, 5) is 1.90. The molecular formula is C10H13NO2. The van der Waals surface area contributed by atoms with Gasteiger partial charge < -0.3 is 9.84 Å². The lowest BCUT2D eigenvalue weighted by atomic mass is 10.1. The van der Waals surface area contributed by atoms with Crippen LogP contribution in [0, 0.1) is 0 Å². The normalized spacial score (nSPS) is 31.5. The molecule has 0 amide bonds. The molecular weight excluding hydrogens is 166 g/mol. The first-order chi connectivity index (χ1) is 6.24. The van der Waals surface area contributed by atoms with Gasteiger partial charge >= 0.3 is 0 Å². The van der Waals surface area contributed by atoms with E-state index in [1.807, 2.05) is 36.2 Å². The molecule has 3 nitrogen and oxygen atoms in total. The van der Waals surface area contributed by atoms with Crippen LogP contribution in [0.5, 0.6) is 5.75 Å². The van der Waals surface area contributed by atoms with E-state index >= 15 is 0 Å². The van der Waals surface area contributed by atoms with Crippen molar-refractivity contribution in [2.75, 3.05) is 14.2 Å². The Morgan fingerprint density at radius 2 is 1.85 bits per heavy atom.